The number of aliphatic hydroxyl groups excluding tert-OH is 1. The first-order valence-electron chi connectivity index (χ1n) is 14.8. The van der Waals surface area contributed by atoms with Crippen LogP contribution in [0.2, 0.25) is 36.3 Å². The van der Waals surface area contributed by atoms with Crippen molar-refractivity contribution in [1.82, 2.24) is 10.6 Å². The number of carboxylic acid groups (broad SMARTS) is 1. The molecule has 5 atom stereocenters. The van der Waals surface area contributed by atoms with Crippen LogP contribution >= 0.6 is 0 Å². The third-order valence-electron chi connectivity index (χ3n) is 9.01. The number of hydrogen-bond donors (Lipinski definition) is 6. The lowest BCUT2D eigenvalue weighted by Gasteiger charge is -2.49. The van der Waals surface area contributed by atoms with Gasteiger partial charge in [-0.15, -0.1) is 0 Å². The standard InChI is InChI=1S/C28H56N2O10Si2/c1-19(31)30-24-20(18-28(4,5)42(8,9)37)25(35)21(12-13-27(2,3)41(6,7)36)40-26(24)39-17-16-38-15-14-29-22(32)10-11-23(33)34/h20-21,24-26,35-37H,10-18H2,1-9H3,(H,29,32)(H,30,31)(H,33,34). The van der Waals surface area contributed by atoms with E-state index in [9.17, 15) is 29.1 Å². The lowest BCUT2D eigenvalue weighted by molar-refractivity contribution is -0.258. The van der Waals surface area contributed by atoms with Crippen molar-refractivity contribution >= 4 is 34.4 Å². The van der Waals surface area contributed by atoms with Crippen molar-refractivity contribution in [1.29, 1.82) is 0 Å². The second kappa shape index (κ2) is 16.1. The van der Waals surface area contributed by atoms with E-state index in [1.54, 1.807) is 0 Å². The maximum atomic E-state index is 12.2. The lowest BCUT2D eigenvalue weighted by Crippen LogP contribution is -2.62. The molecule has 0 spiro atoms. The third-order valence-corrected chi connectivity index (χ3v) is 16.1. The monoisotopic (exact) mass is 636 g/mol. The quantitative estimate of drug-likeness (QED) is 0.0964. The van der Waals surface area contributed by atoms with Gasteiger partial charge in [0.1, 0.15) is 0 Å². The zero-order valence-corrected chi connectivity index (χ0v) is 29.0. The maximum absolute atomic E-state index is 12.2. The van der Waals surface area contributed by atoms with Gasteiger partial charge in [-0.05, 0) is 55.5 Å². The van der Waals surface area contributed by atoms with Gasteiger partial charge in [0.15, 0.2) is 22.9 Å². The number of carbonyl (C=O) groups excluding carboxylic acids is 2. The van der Waals surface area contributed by atoms with Gasteiger partial charge in [-0.1, -0.05) is 27.7 Å². The highest BCUT2D eigenvalue weighted by atomic mass is 28.4. The Hall–Kier alpha value is -1.40. The van der Waals surface area contributed by atoms with E-state index in [1.165, 1.54) is 6.92 Å². The SMILES string of the molecule is CC(=O)NC1C(OCCOCCNC(=O)CCC(=O)O)OC(CCC(C)(C)[Si](C)(C)O)C(O)C1CC(C)(C)[Si](C)(C)O. The summed E-state index contributed by atoms with van der Waals surface area (Å²) in [5.74, 6) is -2.16. The van der Waals surface area contributed by atoms with E-state index in [1.807, 2.05) is 53.9 Å². The second-order valence-electron chi connectivity index (χ2n) is 13.8. The minimum absolute atomic E-state index is 0.0991. The summed E-state index contributed by atoms with van der Waals surface area (Å²) in [6, 6.07) is -0.672. The minimum atomic E-state index is -2.66. The number of ether oxygens (including phenoxy) is 3. The van der Waals surface area contributed by atoms with Gasteiger partial charge in [-0.2, -0.15) is 0 Å². The first-order valence-corrected chi connectivity index (χ1v) is 20.7. The molecule has 0 saturated carbocycles. The molecule has 1 aliphatic rings. The van der Waals surface area contributed by atoms with Crippen LogP contribution in [0.3, 0.4) is 0 Å². The molecule has 0 aliphatic carbocycles. The van der Waals surface area contributed by atoms with Crippen LogP contribution in [0.5, 0.6) is 0 Å². The van der Waals surface area contributed by atoms with Gasteiger partial charge in [0.05, 0.1) is 44.5 Å². The summed E-state index contributed by atoms with van der Waals surface area (Å²) in [5, 5.41) is 25.0. The van der Waals surface area contributed by atoms with Crippen molar-refractivity contribution < 1.29 is 48.4 Å². The average molecular weight is 637 g/mol. The highest BCUT2D eigenvalue weighted by Gasteiger charge is 2.51. The Labute approximate surface area is 253 Å². The van der Waals surface area contributed by atoms with Crippen LogP contribution in [0.4, 0.5) is 0 Å². The van der Waals surface area contributed by atoms with Crippen molar-refractivity contribution in [2.75, 3.05) is 26.4 Å². The van der Waals surface area contributed by atoms with Gasteiger partial charge in [0.2, 0.25) is 11.8 Å². The summed E-state index contributed by atoms with van der Waals surface area (Å²) >= 11 is 0. The minimum Gasteiger partial charge on any atom is -0.481 e. The Balaban J connectivity index is 2.99. The van der Waals surface area contributed by atoms with E-state index in [-0.39, 0.29) is 56.1 Å². The number of hydrogen-bond acceptors (Lipinski definition) is 9. The molecule has 12 nitrogen and oxygen atoms in total. The van der Waals surface area contributed by atoms with Gasteiger partial charge in [-0.3, -0.25) is 14.4 Å². The molecule has 1 rings (SSSR count). The molecule has 0 bridgehead atoms. The molecular formula is C28H56N2O10Si2. The fourth-order valence-corrected chi connectivity index (χ4v) is 6.10. The van der Waals surface area contributed by atoms with E-state index >= 15 is 0 Å². The molecule has 1 saturated heterocycles. The summed E-state index contributed by atoms with van der Waals surface area (Å²) in [5.41, 5.74) is 0. The number of amides is 2. The third kappa shape index (κ3) is 12.3. The van der Waals surface area contributed by atoms with Crippen LogP contribution in [-0.4, -0.2) is 105 Å². The van der Waals surface area contributed by atoms with Gasteiger partial charge in [0.25, 0.3) is 0 Å². The maximum Gasteiger partial charge on any atom is 0.303 e. The van der Waals surface area contributed by atoms with Gasteiger partial charge < -0.3 is 44.6 Å². The Morgan fingerprint density at radius 1 is 0.929 bits per heavy atom. The molecule has 2 amide bonds. The van der Waals surface area contributed by atoms with Crippen LogP contribution in [0.15, 0.2) is 0 Å². The van der Waals surface area contributed by atoms with Crippen LogP contribution < -0.4 is 10.6 Å². The average Bonchev–Trinajstić information content (AvgIpc) is 2.83. The fourth-order valence-electron chi connectivity index (χ4n) is 4.61. The van der Waals surface area contributed by atoms with Crippen LogP contribution in [0, 0.1) is 5.92 Å². The number of rotatable bonds is 18. The molecule has 1 aliphatic heterocycles. The second-order valence-corrected chi connectivity index (χ2v) is 22.7. The molecule has 42 heavy (non-hydrogen) atoms. The molecule has 6 N–H and O–H groups in total. The molecule has 0 radical (unpaired) electrons. The fraction of sp³-hybridized carbons (Fsp3) is 0.893. The zero-order valence-electron chi connectivity index (χ0n) is 27.0. The molecule has 0 aromatic rings. The van der Waals surface area contributed by atoms with E-state index in [0.29, 0.717) is 19.3 Å². The Morgan fingerprint density at radius 3 is 2.05 bits per heavy atom. The van der Waals surface area contributed by atoms with E-state index in [0.717, 1.165) is 0 Å². The van der Waals surface area contributed by atoms with E-state index in [4.69, 9.17) is 19.3 Å². The highest BCUT2D eigenvalue weighted by Crippen LogP contribution is 2.47. The van der Waals surface area contributed by atoms with Crippen molar-refractivity contribution in [3.05, 3.63) is 0 Å². The topological polar surface area (TPSA) is 184 Å². The van der Waals surface area contributed by atoms with Crippen LogP contribution in [0.1, 0.15) is 66.7 Å². The summed E-state index contributed by atoms with van der Waals surface area (Å²) < 4.78 is 17.9. The number of nitrogens with one attached hydrogen (secondary N) is 2. The Bertz CT molecular complexity index is 889. The van der Waals surface area contributed by atoms with Gasteiger partial charge in [-0.25, -0.2) is 0 Å². The number of carboxylic acids is 1. The molecule has 0 aromatic heterocycles. The molecule has 0 aromatic carbocycles. The summed E-state index contributed by atoms with van der Waals surface area (Å²) in [4.78, 5) is 56.3. The lowest BCUT2D eigenvalue weighted by atomic mass is 9.79. The molecule has 246 valence electrons. The molecule has 14 heteroatoms. The van der Waals surface area contributed by atoms with Crippen molar-refractivity contribution in [2.24, 2.45) is 5.92 Å². The van der Waals surface area contributed by atoms with E-state index < -0.39 is 58.1 Å². The number of aliphatic hydroxyl groups is 1. The van der Waals surface area contributed by atoms with Gasteiger partial charge >= 0.3 is 5.97 Å². The van der Waals surface area contributed by atoms with Crippen LogP contribution in [-0.2, 0) is 28.6 Å². The zero-order chi connectivity index (χ0) is 32.5. The van der Waals surface area contributed by atoms with Crippen molar-refractivity contribution in [2.45, 2.75) is 128 Å². The molecule has 5 unspecified atom stereocenters. The number of aliphatic carboxylic acids is 1. The highest BCUT2D eigenvalue weighted by molar-refractivity contribution is 6.73. The van der Waals surface area contributed by atoms with Crippen molar-refractivity contribution in [3.63, 3.8) is 0 Å². The first-order chi connectivity index (χ1) is 19.1. The number of carbonyl (C=O) groups is 3. The molecular weight excluding hydrogens is 580 g/mol. The smallest absolute Gasteiger partial charge is 0.303 e. The summed E-state index contributed by atoms with van der Waals surface area (Å²) in [6.45, 7) is 17.6. The Kier molecular flexibility index (Phi) is 14.8. The summed E-state index contributed by atoms with van der Waals surface area (Å²) in [6.07, 6.45) is -1.21. The van der Waals surface area contributed by atoms with Gasteiger partial charge in [0, 0.05) is 25.8 Å². The van der Waals surface area contributed by atoms with Crippen LogP contribution in [0.25, 0.3) is 0 Å². The predicted molar refractivity (Wildman–Crippen MR) is 164 cm³/mol. The largest absolute Gasteiger partial charge is 0.481 e. The normalized spacial score (nSPS) is 23.9. The van der Waals surface area contributed by atoms with Crippen molar-refractivity contribution in [3.8, 4) is 0 Å². The first kappa shape index (κ1) is 38.6. The predicted octanol–water partition coefficient (Wildman–Crippen LogP) is 2.33. The Morgan fingerprint density at radius 2 is 1.52 bits per heavy atom. The molecule has 1 heterocycles. The van der Waals surface area contributed by atoms with E-state index in [2.05, 4.69) is 10.6 Å². The molecule has 1 fully saturated rings. The summed E-state index contributed by atoms with van der Waals surface area (Å²) in [7, 11) is -5.16.